The van der Waals surface area contributed by atoms with Crippen molar-refractivity contribution >= 4 is 57.1 Å². The lowest BCUT2D eigenvalue weighted by Gasteiger charge is -2.10. The van der Waals surface area contributed by atoms with E-state index in [-0.39, 0.29) is 18.2 Å². The van der Waals surface area contributed by atoms with Gasteiger partial charge < -0.3 is 14.8 Å². The van der Waals surface area contributed by atoms with Crippen molar-refractivity contribution in [3.05, 3.63) is 99.6 Å². The van der Waals surface area contributed by atoms with Crippen LogP contribution in [0.25, 0.3) is 10.8 Å². The summed E-state index contributed by atoms with van der Waals surface area (Å²) in [6.45, 7) is 0.0713. The quantitative estimate of drug-likeness (QED) is 0.0981. The molecule has 0 bridgehead atoms. The highest BCUT2D eigenvalue weighted by molar-refractivity contribution is 14.1. The molecule has 4 rings (SSSR count). The highest BCUT2D eigenvalue weighted by Gasteiger charge is 2.15. The highest BCUT2D eigenvalue weighted by atomic mass is 127. The molecule has 0 saturated heterocycles. The standard InChI is InChI=1S/C27H22IN3O4/c1-34-25-15-18(13-14-24(25)35-27(33)21-10-4-5-11-22(21)28)16-30-31-26(32)17-29-23-12-6-8-19-7-2-3-9-20(19)23/h2-16,29H,17H2,1H3,(H,31,32). The van der Waals surface area contributed by atoms with E-state index < -0.39 is 5.97 Å². The first-order valence-electron chi connectivity index (χ1n) is 10.7. The number of carbonyl (C=O) groups excluding carboxylic acids is 2. The van der Waals surface area contributed by atoms with Crippen LogP contribution in [0.1, 0.15) is 15.9 Å². The normalized spacial score (nSPS) is 10.8. The van der Waals surface area contributed by atoms with Crippen LogP contribution in [0.4, 0.5) is 5.69 Å². The molecular weight excluding hydrogens is 557 g/mol. The third-order valence-electron chi connectivity index (χ3n) is 5.12. The van der Waals surface area contributed by atoms with Gasteiger partial charge in [0.15, 0.2) is 11.5 Å². The third kappa shape index (κ3) is 6.15. The summed E-state index contributed by atoms with van der Waals surface area (Å²) in [5.74, 6) is -0.0975. The van der Waals surface area contributed by atoms with Crippen molar-refractivity contribution in [2.45, 2.75) is 0 Å². The fourth-order valence-corrected chi connectivity index (χ4v) is 4.01. The number of anilines is 1. The fraction of sp³-hybridized carbons (Fsp3) is 0.0741. The molecule has 0 saturated carbocycles. The monoisotopic (exact) mass is 579 g/mol. The third-order valence-corrected chi connectivity index (χ3v) is 6.06. The summed E-state index contributed by atoms with van der Waals surface area (Å²) in [6, 6.07) is 26.0. The molecule has 7 nitrogen and oxygen atoms in total. The molecule has 35 heavy (non-hydrogen) atoms. The van der Waals surface area contributed by atoms with Crippen molar-refractivity contribution in [3.63, 3.8) is 0 Å². The van der Waals surface area contributed by atoms with Gasteiger partial charge >= 0.3 is 5.97 Å². The molecule has 8 heteroatoms. The Morgan fingerprint density at radius 3 is 2.54 bits per heavy atom. The summed E-state index contributed by atoms with van der Waals surface area (Å²) in [7, 11) is 1.49. The lowest BCUT2D eigenvalue weighted by molar-refractivity contribution is -0.119. The number of esters is 1. The Morgan fingerprint density at radius 1 is 0.943 bits per heavy atom. The number of ether oxygens (including phenoxy) is 2. The van der Waals surface area contributed by atoms with Crippen LogP contribution in [-0.4, -0.2) is 31.7 Å². The van der Waals surface area contributed by atoms with Crippen LogP contribution in [0.15, 0.2) is 90.0 Å². The SMILES string of the molecule is COc1cc(C=NNC(=O)CNc2cccc3ccccc23)ccc1OC(=O)c1ccccc1I. The van der Waals surface area contributed by atoms with Gasteiger partial charge in [0.05, 0.1) is 25.4 Å². The van der Waals surface area contributed by atoms with E-state index in [4.69, 9.17) is 9.47 Å². The van der Waals surface area contributed by atoms with Gasteiger partial charge in [0.1, 0.15) is 0 Å². The van der Waals surface area contributed by atoms with Crippen molar-refractivity contribution in [1.29, 1.82) is 0 Å². The molecule has 0 atom stereocenters. The molecule has 4 aromatic carbocycles. The summed E-state index contributed by atoms with van der Waals surface area (Å²) in [5, 5.41) is 9.29. The smallest absolute Gasteiger partial charge is 0.344 e. The van der Waals surface area contributed by atoms with E-state index in [0.717, 1.165) is 20.0 Å². The number of hydrazone groups is 1. The maximum absolute atomic E-state index is 12.5. The van der Waals surface area contributed by atoms with Gasteiger partial charge in [0, 0.05) is 14.6 Å². The van der Waals surface area contributed by atoms with Gasteiger partial charge in [-0.25, -0.2) is 10.2 Å². The second-order valence-corrected chi connectivity index (χ2v) is 8.62. The van der Waals surface area contributed by atoms with Crippen molar-refractivity contribution < 1.29 is 19.1 Å². The highest BCUT2D eigenvalue weighted by Crippen LogP contribution is 2.29. The van der Waals surface area contributed by atoms with Crippen LogP contribution in [-0.2, 0) is 4.79 Å². The number of halogens is 1. The van der Waals surface area contributed by atoms with Gasteiger partial charge in [-0.15, -0.1) is 0 Å². The topological polar surface area (TPSA) is 89.0 Å². The fourth-order valence-electron chi connectivity index (χ4n) is 3.40. The molecule has 0 fully saturated rings. The van der Waals surface area contributed by atoms with Crippen molar-refractivity contribution in [2.75, 3.05) is 19.0 Å². The molecule has 0 aromatic heterocycles. The summed E-state index contributed by atoms with van der Waals surface area (Å²) < 4.78 is 11.7. The number of benzene rings is 4. The van der Waals surface area contributed by atoms with Crippen molar-refractivity contribution in [2.24, 2.45) is 5.10 Å². The van der Waals surface area contributed by atoms with Gasteiger partial charge in [-0.1, -0.05) is 48.5 Å². The van der Waals surface area contributed by atoms with Crippen molar-refractivity contribution in [1.82, 2.24) is 5.43 Å². The molecule has 0 unspecified atom stereocenters. The molecule has 0 spiro atoms. The predicted octanol–water partition coefficient (Wildman–Crippen LogP) is 5.23. The van der Waals surface area contributed by atoms with E-state index in [1.54, 1.807) is 30.3 Å². The van der Waals surface area contributed by atoms with E-state index in [9.17, 15) is 9.59 Å². The largest absolute Gasteiger partial charge is 0.493 e. The number of carbonyl (C=O) groups is 2. The number of amides is 1. The van der Waals surface area contributed by atoms with E-state index in [1.807, 2.05) is 54.6 Å². The number of nitrogens with one attached hydrogen (secondary N) is 2. The van der Waals surface area contributed by atoms with Crippen LogP contribution < -0.4 is 20.2 Å². The van der Waals surface area contributed by atoms with E-state index in [1.165, 1.54) is 13.3 Å². The number of hydrogen-bond acceptors (Lipinski definition) is 6. The van der Waals surface area contributed by atoms with E-state index in [0.29, 0.717) is 16.9 Å². The molecule has 0 heterocycles. The zero-order valence-corrected chi connectivity index (χ0v) is 21.0. The number of fused-ring (bicyclic) bond motifs is 1. The van der Waals surface area contributed by atoms with Gasteiger partial charge in [-0.3, -0.25) is 4.79 Å². The molecule has 0 radical (unpaired) electrons. The second-order valence-electron chi connectivity index (χ2n) is 7.45. The first kappa shape index (κ1) is 24.2. The van der Waals surface area contributed by atoms with Gasteiger partial charge in [-0.2, -0.15) is 5.10 Å². The van der Waals surface area contributed by atoms with Gasteiger partial charge in [0.2, 0.25) is 0 Å². The number of nitrogens with zero attached hydrogens (tertiary/aromatic N) is 1. The Labute approximate surface area is 216 Å². The average molecular weight is 579 g/mol. The lowest BCUT2D eigenvalue weighted by Crippen LogP contribution is -2.25. The summed E-state index contributed by atoms with van der Waals surface area (Å²) in [6.07, 6.45) is 1.49. The Hall–Kier alpha value is -3.92. The summed E-state index contributed by atoms with van der Waals surface area (Å²) >= 11 is 2.09. The minimum absolute atomic E-state index is 0.0713. The first-order valence-corrected chi connectivity index (χ1v) is 11.8. The van der Waals surface area contributed by atoms with Gasteiger partial charge in [-0.05, 0) is 69.9 Å². The maximum Gasteiger partial charge on any atom is 0.344 e. The molecular formula is C27H22IN3O4. The molecule has 0 aliphatic rings. The predicted molar refractivity (Wildman–Crippen MR) is 145 cm³/mol. The Balaban J connectivity index is 1.35. The van der Waals surface area contributed by atoms with Crippen LogP contribution in [0, 0.1) is 3.57 Å². The Bertz CT molecular complexity index is 1400. The molecule has 1 amide bonds. The molecule has 176 valence electrons. The minimum Gasteiger partial charge on any atom is -0.493 e. The van der Waals surface area contributed by atoms with E-state index >= 15 is 0 Å². The van der Waals surface area contributed by atoms with Crippen LogP contribution >= 0.6 is 22.6 Å². The lowest BCUT2D eigenvalue weighted by atomic mass is 10.1. The summed E-state index contributed by atoms with van der Waals surface area (Å²) in [5.41, 5.74) is 4.52. The number of methoxy groups -OCH3 is 1. The number of rotatable bonds is 8. The molecule has 2 N–H and O–H groups in total. The average Bonchev–Trinajstić information content (AvgIpc) is 2.88. The second kappa shape index (κ2) is 11.5. The maximum atomic E-state index is 12.5. The number of hydrogen-bond donors (Lipinski definition) is 2. The Morgan fingerprint density at radius 2 is 1.71 bits per heavy atom. The molecule has 4 aromatic rings. The van der Waals surface area contributed by atoms with Crippen LogP contribution in [0.3, 0.4) is 0 Å². The van der Waals surface area contributed by atoms with Gasteiger partial charge in [0.25, 0.3) is 5.91 Å². The minimum atomic E-state index is -0.472. The summed E-state index contributed by atoms with van der Waals surface area (Å²) in [4.78, 5) is 24.7. The zero-order valence-electron chi connectivity index (χ0n) is 18.8. The Kier molecular flexibility index (Phi) is 7.94. The van der Waals surface area contributed by atoms with Crippen LogP contribution in [0.2, 0.25) is 0 Å². The molecule has 0 aliphatic carbocycles. The van der Waals surface area contributed by atoms with E-state index in [2.05, 4.69) is 38.4 Å². The molecule has 0 aliphatic heterocycles. The van der Waals surface area contributed by atoms with Crippen LogP contribution in [0.5, 0.6) is 11.5 Å². The zero-order chi connectivity index (χ0) is 24.6. The first-order chi connectivity index (χ1) is 17.0. The van der Waals surface area contributed by atoms with Crippen molar-refractivity contribution in [3.8, 4) is 11.5 Å².